The van der Waals surface area contributed by atoms with Gasteiger partial charge in [0.05, 0.1) is 13.2 Å². The molecule has 0 spiro atoms. The van der Waals surface area contributed by atoms with Gasteiger partial charge in [-0.3, -0.25) is 4.99 Å². The Morgan fingerprint density at radius 2 is 2.29 bits per heavy atom. The van der Waals surface area contributed by atoms with Gasteiger partial charge in [-0.2, -0.15) is 0 Å². The molecule has 0 fully saturated rings. The summed E-state index contributed by atoms with van der Waals surface area (Å²) in [6.45, 7) is 0. The van der Waals surface area contributed by atoms with Gasteiger partial charge in [0, 0.05) is 12.3 Å². The van der Waals surface area contributed by atoms with Crippen LogP contribution in [0.1, 0.15) is 25.7 Å². The first kappa shape index (κ1) is 9.50. The summed E-state index contributed by atoms with van der Waals surface area (Å²) in [6.07, 6.45) is 13.4. The maximum atomic E-state index is 5.17. The number of allylic oxidation sites excluding steroid dienone is 3. The molecule has 1 aliphatic heterocycles. The Morgan fingerprint density at radius 3 is 3.07 bits per heavy atom. The van der Waals surface area contributed by atoms with Gasteiger partial charge in [0.15, 0.2) is 5.90 Å². The predicted molar refractivity (Wildman–Crippen MR) is 58.5 cm³/mol. The van der Waals surface area contributed by atoms with Crippen molar-refractivity contribution in [1.82, 2.24) is 0 Å². The summed E-state index contributed by atoms with van der Waals surface area (Å²) in [5.74, 6) is 1.51. The molecule has 2 heteroatoms. The minimum absolute atomic E-state index is 0.448. The summed E-state index contributed by atoms with van der Waals surface area (Å²) in [7, 11) is 1.71. The molecule has 2 atom stereocenters. The molecule has 0 aromatic carbocycles. The van der Waals surface area contributed by atoms with Crippen molar-refractivity contribution in [2.75, 3.05) is 7.11 Å². The highest BCUT2D eigenvalue weighted by Crippen LogP contribution is 2.26. The molecular weight excluding hydrogens is 174 g/mol. The lowest BCUT2D eigenvalue weighted by atomic mass is 9.95. The van der Waals surface area contributed by atoms with Crippen LogP contribution in [0.3, 0.4) is 0 Å². The fourth-order valence-corrected chi connectivity index (χ4v) is 2.10. The van der Waals surface area contributed by atoms with Crippen LogP contribution < -0.4 is 0 Å². The second kappa shape index (κ2) is 4.45. The van der Waals surface area contributed by atoms with E-state index >= 15 is 0 Å². The van der Waals surface area contributed by atoms with Gasteiger partial charge in [0.2, 0.25) is 0 Å². The third-order valence-corrected chi connectivity index (χ3v) is 2.92. The Bertz CT molecular complexity index is 278. The van der Waals surface area contributed by atoms with Crippen LogP contribution in [-0.4, -0.2) is 19.0 Å². The molecular formula is C12H17NO. The molecule has 0 saturated heterocycles. The molecule has 0 bridgehead atoms. The SMILES string of the molecule is COC1=NC(C2C=CCC=CC2)CC1. The minimum atomic E-state index is 0.448. The molecule has 1 aliphatic carbocycles. The Balaban J connectivity index is 2.01. The molecule has 0 aromatic rings. The number of hydrogen-bond acceptors (Lipinski definition) is 2. The predicted octanol–water partition coefficient (Wildman–Crippen LogP) is 2.72. The van der Waals surface area contributed by atoms with Gasteiger partial charge >= 0.3 is 0 Å². The lowest BCUT2D eigenvalue weighted by Gasteiger charge is -2.14. The summed E-state index contributed by atoms with van der Waals surface area (Å²) in [6, 6.07) is 0.448. The second-order valence-corrected chi connectivity index (χ2v) is 3.87. The van der Waals surface area contributed by atoms with Crippen LogP contribution in [0.4, 0.5) is 0 Å². The van der Waals surface area contributed by atoms with E-state index in [2.05, 4.69) is 29.3 Å². The number of rotatable bonds is 1. The lowest BCUT2D eigenvalue weighted by molar-refractivity contribution is 0.394. The van der Waals surface area contributed by atoms with E-state index in [4.69, 9.17) is 4.74 Å². The normalized spacial score (nSPS) is 31.4. The van der Waals surface area contributed by atoms with Crippen LogP contribution in [0.25, 0.3) is 0 Å². The molecule has 2 nitrogen and oxygen atoms in total. The molecule has 0 amide bonds. The number of aliphatic imine (C=N–C) groups is 1. The fourth-order valence-electron chi connectivity index (χ4n) is 2.10. The first-order valence-corrected chi connectivity index (χ1v) is 5.32. The van der Waals surface area contributed by atoms with Crippen molar-refractivity contribution in [1.29, 1.82) is 0 Å². The third-order valence-electron chi connectivity index (χ3n) is 2.92. The summed E-state index contributed by atoms with van der Waals surface area (Å²) >= 11 is 0. The van der Waals surface area contributed by atoms with Gasteiger partial charge in [-0.25, -0.2) is 0 Å². The molecule has 0 aromatic heterocycles. The molecule has 14 heavy (non-hydrogen) atoms. The molecule has 2 rings (SSSR count). The highest BCUT2D eigenvalue weighted by atomic mass is 16.5. The van der Waals surface area contributed by atoms with Crippen molar-refractivity contribution >= 4 is 5.90 Å². The standard InChI is InChI=1S/C12H17NO/c1-14-12-9-8-11(13-12)10-6-4-2-3-5-7-10/h2,4-5,7,10-11H,3,6,8-9H2,1H3. The van der Waals surface area contributed by atoms with E-state index in [1.54, 1.807) is 7.11 Å². The molecule has 0 radical (unpaired) electrons. The summed E-state index contributed by atoms with van der Waals surface area (Å²) in [5.41, 5.74) is 0. The van der Waals surface area contributed by atoms with E-state index in [0.29, 0.717) is 12.0 Å². The zero-order chi connectivity index (χ0) is 9.80. The van der Waals surface area contributed by atoms with E-state index < -0.39 is 0 Å². The number of ether oxygens (including phenoxy) is 1. The number of hydrogen-bond donors (Lipinski definition) is 0. The van der Waals surface area contributed by atoms with Gasteiger partial charge < -0.3 is 4.74 Å². The van der Waals surface area contributed by atoms with Crippen LogP contribution in [0.2, 0.25) is 0 Å². The van der Waals surface area contributed by atoms with E-state index in [0.717, 1.165) is 31.6 Å². The van der Waals surface area contributed by atoms with Crippen LogP contribution in [0.15, 0.2) is 29.3 Å². The van der Waals surface area contributed by atoms with Gasteiger partial charge in [-0.1, -0.05) is 24.3 Å². The number of nitrogens with zero attached hydrogens (tertiary/aromatic N) is 1. The van der Waals surface area contributed by atoms with Crippen molar-refractivity contribution in [2.24, 2.45) is 10.9 Å². The Labute approximate surface area is 85.4 Å². The molecule has 2 aliphatic rings. The van der Waals surface area contributed by atoms with Crippen molar-refractivity contribution in [3.63, 3.8) is 0 Å². The zero-order valence-electron chi connectivity index (χ0n) is 8.65. The summed E-state index contributed by atoms with van der Waals surface area (Å²) < 4.78 is 5.17. The third kappa shape index (κ3) is 2.06. The highest BCUT2D eigenvalue weighted by Gasteiger charge is 2.24. The fraction of sp³-hybridized carbons (Fsp3) is 0.583. The molecule has 2 unspecified atom stereocenters. The van der Waals surface area contributed by atoms with Crippen molar-refractivity contribution in [3.8, 4) is 0 Å². The first-order valence-electron chi connectivity index (χ1n) is 5.32. The van der Waals surface area contributed by atoms with Gasteiger partial charge in [-0.05, 0) is 19.3 Å². The smallest absolute Gasteiger partial charge is 0.183 e. The van der Waals surface area contributed by atoms with Gasteiger partial charge in [-0.15, -0.1) is 0 Å². The van der Waals surface area contributed by atoms with Crippen LogP contribution >= 0.6 is 0 Å². The van der Waals surface area contributed by atoms with Gasteiger partial charge in [0.1, 0.15) is 0 Å². The average Bonchev–Trinajstić information content (AvgIpc) is 2.53. The van der Waals surface area contributed by atoms with E-state index in [1.165, 1.54) is 0 Å². The van der Waals surface area contributed by atoms with Crippen molar-refractivity contribution < 1.29 is 4.74 Å². The first-order chi connectivity index (χ1) is 6.90. The number of methoxy groups -OCH3 is 1. The van der Waals surface area contributed by atoms with Gasteiger partial charge in [0.25, 0.3) is 0 Å². The largest absolute Gasteiger partial charge is 0.484 e. The maximum Gasteiger partial charge on any atom is 0.183 e. The van der Waals surface area contributed by atoms with E-state index in [9.17, 15) is 0 Å². The summed E-state index contributed by atoms with van der Waals surface area (Å²) in [5, 5.41) is 0. The quantitative estimate of drug-likeness (QED) is 0.584. The van der Waals surface area contributed by atoms with E-state index in [1.807, 2.05) is 0 Å². The molecule has 76 valence electrons. The maximum absolute atomic E-state index is 5.17. The molecule has 0 saturated carbocycles. The topological polar surface area (TPSA) is 21.6 Å². The average molecular weight is 191 g/mol. The van der Waals surface area contributed by atoms with Crippen molar-refractivity contribution in [3.05, 3.63) is 24.3 Å². The monoisotopic (exact) mass is 191 g/mol. The summed E-state index contributed by atoms with van der Waals surface area (Å²) in [4.78, 5) is 4.58. The molecule has 1 heterocycles. The second-order valence-electron chi connectivity index (χ2n) is 3.87. The highest BCUT2D eigenvalue weighted by molar-refractivity contribution is 5.77. The van der Waals surface area contributed by atoms with Crippen LogP contribution in [-0.2, 0) is 4.74 Å². The minimum Gasteiger partial charge on any atom is -0.484 e. The van der Waals surface area contributed by atoms with Crippen LogP contribution in [0.5, 0.6) is 0 Å². The zero-order valence-corrected chi connectivity index (χ0v) is 8.65. The Hall–Kier alpha value is -1.05. The molecule has 0 N–H and O–H groups in total. The van der Waals surface area contributed by atoms with Crippen molar-refractivity contribution in [2.45, 2.75) is 31.7 Å². The Kier molecular flexibility index (Phi) is 3.02. The van der Waals surface area contributed by atoms with Crippen LogP contribution in [0, 0.1) is 5.92 Å². The van der Waals surface area contributed by atoms with E-state index in [-0.39, 0.29) is 0 Å². The lowest BCUT2D eigenvalue weighted by Crippen LogP contribution is -2.12. The Morgan fingerprint density at radius 1 is 1.36 bits per heavy atom.